The average Bonchev–Trinajstić information content (AvgIpc) is 2.48. The summed E-state index contributed by atoms with van der Waals surface area (Å²) < 4.78 is 40.0. The molecule has 1 atom stereocenters. The molecule has 1 aromatic heterocycles. The summed E-state index contributed by atoms with van der Waals surface area (Å²) >= 11 is 1.09. The van der Waals surface area contributed by atoms with Gasteiger partial charge in [0.15, 0.2) is 0 Å². The van der Waals surface area contributed by atoms with E-state index in [-0.39, 0.29) is 0 Å². The van der Waals surface area contributed by atoms with Gasteiger partial charge in [0.2, 0.25) is 5.13 Å². The monoisotopic (exact) mass is 239 g/mol. The minimum Gasteiger partial charge on any atom is -0.357 e. The Morgan fingerprint density at radius 2 is 2.13 bits per heavy atom. The number of nitrogens with zero attached hydrogens (tertiary/aromatic N) is 2. The maximum Gasteiger partial charge on any atom is 0.391 e. The Bertz CT molecular complexity index is 310. The topological polar surface area (TPSA) is 37.8 Å². The van der Waals surface area contributed by atoms with Crippen LogP contribution >= 0.6 is 11.5 Å². The zero-order chi connectivity index (χ0) is 11.5. The van der Waals surface area contributed by atoms with Crippen LogP contribution in [0.1, 0.15) is 26.1 Å². The largest absolute Gasteiger partial charge is 0.391 e. The van der Waals surface area contributed by atoms with Gasteiger partial charge in [-0.1, -0.05) is 6.92 Å². The predicted molar refractivity (Wildman–Crippen MR) is 53.0 cm³/mol. The Kier molecular flexibility index (Phi) is 3.90. The highest BCUT2D eigenvalue weighted by Gasteiger charge is 2.30. The number of nitrogens with one attached hydrogen (secondary N) is 1. The third-order valence-electron chi connectivity index (χ3n) is 1.69. The lowest BCUT2D eigenvalue weighted by molar-refractivity contribution is -0.136. The molecule has 0 radical (unpaired) electrons. The minimum absolute atomic E-state index is 0.448. The van der Waals surface area contributed by atoms with Crippen LogP contribution in [0, 0.1) is 0 Å². The van der Waals surface area contributed by atoms with Crippen molar-refractivity contribution in [3.63, 3.8) is 0 Å². The smallest absolute Gasteiger partial charge is 0.357 e. The lowest BCUT2D eigenvalue weighted by atomic mass is 10.2. The van der Waals surface area contributed by atoms with E-state index in [0.717, 1.165) is 11.5 Å². The van der Waals surface area contributed by atoms with Crippen molar-refractivity contribution >= 4 is 16.7 Å². The summed E-state index contributed by atoms with van der Waals surface area (Å²) in [5.74, 6) is 0.654. The number of aryl methyl sites for hydroxylation is 1. The highest BCUT2D eigenvalue weighted by molar-refractivity contribution is 7.09. The van der Waals surface area contributed by atoms with E-state index in [1.54, 1.807) is 0 Å². The molecule has 1 heterocycles. The van der Waals surface area contributed by atoms with Crippen LogP contribution in [0.25, 0.3) is 0 Å². The molecule has 7 heteroatoms. The quantitative estimate of drug-likeness (QED) is 0.878. The number of aromatic nitrogens is 2. The molecule has 0 saturated carbocycles. The fourth-order valence-corrected chi connectivity index (χ4v) is 1.83. The predicted octanol–water partition coefficient (Wildman–Crippen LogP) is 2.85. The maximum atomic E-state index is 12.0. The van der Waals surface area contributed by atoms with Gasteiger partial charge in [0.1, 0.15) is 5.82 Å². The van der Waals surface area contributed by atoms with Gasteiger partial charge < -0.3 is 5.32 Å². The molecule has 1 rings (SSSR count). The average molecular weight is 239 g/mol. The summed E-state index contributed by atoms with van der Waals surface area (Å²) in [6, 6.07) is -0.678. The second-order valence-corrected chi connectivity index (χ2v) is 3.99. The van der Waals surface area contributed by atoms with Gasteiger partial charge >= 0.3 is 6.18 Å². The Balaban J connectivity index is 2.47. The van der Waals surface area contributed by atoms with Gasteiger partial charge in [-0.25, -0.2) is 4.98 Å². The van der Waals surface area contributed by atoms with Crippen molar-refractivity contribution in [1.29, 1.82) is 0 Å². The number of alkyl halides is 3. The highest BCUT2D eigenvalue weighted by Crippen LogP contribution is 2.23. The Hall–Kier alpha value is -0.850. The van der Waals surface area contributed by atoms with E-state index in [0.29, 0.717) is 17.4 Å². The van der Waals surface area contributed by atoms with Crippen LogP contribution in [0.15, 0.2) is 0 Å². The van der Waals surface area contributed by atoms with E-state index in [9.17, 15) is 13.2 Å². The SMILES string of the molecule is CCc1nsc(NC(C)CC(F)(F)F)n1. The highest BCUT2D eigenvalue weighted by atomic mass is 32.1. The van der Waals surface area contributed by atoms with Gasteiger partial charge in [-0.2, -0.15) is 17.5 Å². The summed E-state index contributed by atoms with van der Waals surface area (Å²) in [5.41, 5.74) is 0. The van der Waals surface area contributed by atoms with Crippen LogP contribution < -0.4 is 5.32 Å². The van der Waals surface area contributed by atoms with Gasteiger partial charge in [-0.05, 0) is 6.92 Å². The molecule has 15 heavy (non-hydrogen) atoms. The van der Waals surface area contributed by atoms with Gasteiger partial charge in [-0.15, -0.1) is 0 Å². The number of anilines is 1. The van der Waals surface area contributed by atoms with E-state index < -0.39 is 18.6 Å². The van der Waals surface area contributed by atoms with Crippen LogP contribution in [0.3, 0.4) is 0 Å². The minimum atomic E-state index is -4.15. The Morgan fingerprint density at radius 3 is 2.60 bits per heavy atom. The first-order valence-corrected chi connectivity index (χ1v) is 5.34. The van der Waals surface area contributed by atoms with Crippen molar-refractivity contribution in [2.24, 2.45) is 0 Å². The standard InChI is InChI=1S/C8H12F3N3S/c1-3-6-13-7(15-14-6)12-5(2)4-8(9,10)11/h5H,3-4H2,1-2H3,(H,12,13,14). The first kappa shape index (κ1) is 12.2. The molecule has 0 aliphatic rings. The van der Waals surface area contributed by atoms with Crippen molar-refractivity contribution in [2.45, 2.75) is 38.9 Å². The lowest BCUT2D eigenvalue weighted by Crippen LogP contribution is -2.23. The lowest BCUT2D eigenvalue weighted by Gasteiger charge is -2.14. The summed E-state index contributed by atoms with van der Waals surface area (Å²) in [5, 5.41) is 3.13. The molecule has 0 spiro atoms. The van der Waals surface area contributed by atoms with Crippen molar-refractivity contribution in [3.05, 3.63) is 5.82 Å². The van der Waals surface area contributed by atoms with Crippen molar-refractivity contribution in [3.8, 4) is 0 Å². The number of rotatable bonds is 4. The molecule has 1 N–H and O–H groups in total. The molecule has 0 aliphatic heterocycles. The molecule has 1 aromatic rings. The van der Waals surface area contributed by atoms with Crippen LogP contribution in [0.5, 0.6) is 0 Å². The summed E-state index contributed by atoms with van der Waals surface area (Å²) in [6.45, 7) is 3.37. The molecule has 0 aromatic carbocycles. The van der Waals surface area contributed by atoms with Crippen LogP contribution in [0.4, 0.5) is 18.3 Å². The fraction of sp³-hybridized carbons (Fsp3) is 0.750. The van der Waals surface area contributed by atoms with Crippen molar-refractivity contribution < 1.29 is 13.2 Å². The van der Waals surface area contributed by atoms with Gasteiger partial charge in [0.25, 0.3) is 0 Å². The molecule has 0 saturated heterocycles. The van der Waals surface area contributed by atoms with Gasteiger partial charge in [0.05, 0.1) is 6.42 Å². The first-order valence-electron chi connectivity index (χ1n) is 4.56. The summed E-state index contributed by atoms with van der Waals surface area (Å²) in [4.78, 5) is 4.03. The van der Waals surface area contributed by atoms with E-state index in [2.05, 4.69) is 14.7 Å². The second kappa shape index (κ2) is 4.78. The Morgan fingerprint density at radius 1 is 1.47 bits per heavy atom. The molecule has 0 aliphatic carbocycles. The zero-order valence-electron chi connectivity index (χ0n) is 8.43. The zero-order valence-corrected chi connectivity index (χ0v) is 9.24. The third-order valence-corrected chi connectivity index (χ3v) is 2.38. The Labute approximate surface area is 89.9 Å². The van der Waals surface area contributed by atoms with Crippen LogP contribution in [-0.2, 0) is 6.42 Å². The third kappa shape index (κ3) is 4.46. The maximum absolute atomic E-state index is 12.0. The van der Waals surface area contributed by atoms with Gasteiger partial charge in [-0.3, -0.25) is 0 Å². The van der Waals surface area contributed by atoms with Crippen LogP contribution in [-0.4, -0.2) is 21.6 Å². The fourth-order valence-electron chi connectivity index (χ4n) is 1.07. The number of hydrogen-bond donors (Lipinski definition) is 1. The van der Waals surface area contributed by atoms with Crippen molar-refractivity contribution in [2.75, 3.05) is 5.32 Å². The summed E-state index contributed by atoms with van der Waals surface area (Å²) in [7, 11) is 0. The van der Waals surface area contributed by atoms with E-state index in [4.69, 9.17) is 0 Å². The molecule has 1 unspecified atom stereocenters. The van der Waals surface area contributed by atoms with E-state index in [1.165, 1.54) is 6.92 Å². The molecular weight excluding hydrogens is 227 g/mol. The molecule has 0 bridgehead atoms. The second-order valence-electron chi connectivity index (χ2n) is 3.23. The molecule has 3 nitrogen and oxygen atoms in total. The molecule has 86 valence electrons. The van der Waals surface area contributed by atoms with Crippen molar-refractivity contribution in [1.82, 2.24) is 9.36 Å². The van der Waals surface area contributed by atoms with Gasteiger partial charge in [0, 0.05) is 24.0 Å². The first-order chi connectivity index (χ1) is 6.90. The number of halogens is 3. The van der Waals surface area contributed by atoms with Crippen LogP contribution in [0.2, 0.25) is 0 Å². The normalized spacial score (nSPS) is 13.9. The molecular formula is C8H12F3N3S. The summed E-state index contributed by atoms with van der Waals surface area (Å²) in [6.07, 6.45) is -4.33. The molecule has 0 amide bonds. The van der Waals surface area contributed by atoms with E-state index >= 15 is 0 Å². The van der Waals surface area contributed by atoms with E-state index in [1.807, 2.05) is 6.92 Å². The number of hydrogen-bond acceptors (Lipinski definition) is 4. The molecule has 0 fully saturated rings.